The van der Waals surface area contributed by atoms with Gasteiger partial charge in [-0.3, -0.25) is 10.1 Å². The van der Waals surface area contributed by atoms with Crippen molar-refractivity contribution in [1.82, 2.24) is 0 Å². The zero-order chi connectivity index (χ0) is 12.1. The monoisotopic (exact) mass is 218 g/mol. The first-order chi connectivity index (χ1) is 7.54. The van der Waals surface area contributed by atoms with Gasteiger partial charge >= 0.3 is 0 Å². The third-order valence-electron chi connectivity index (χ3n) is 2.11. The summed E-state index contributed by atoms with van der Waals surface area (Å²) in [5, 5.41) is 18.9. The van der Waals surface area contributed by atoms with Crippen LogP contribution in [0.3, 0.4) is 0 Å². The molecule has 82 valence electrons. The summed E-state index contributed by atoms with van der Waals surface area (Å²) in [5.74, 6) is 0.145. The smallest absolute Gasteiger partial charge is 0.269 e. The zero-order valence-corrected chi connectivity index (χ0v) is 8.67. The van der Waals surface area contributed by atoms with Gasteiger partial charge in [-0.05, 0) is 18.1 Å². The fraction of sp³-hybridized carbons (Fsp3) is 0.200. The van der Waals surface area contributed by atoms with Crippen molar-refractivity contribution in [2.75, 3.05) is 0 Å². The van der Waals surface area contributed by atoms with Crippen LogP contribution in [0.2, 0.25) is 0 Å². The van der Waals surface area contributed by atoms with Gasteiger partial charge in [-0.15, -0.1) is 0 Å². The Balaban J connectivity index is 3.04. The van der Waals surface area contributed by atoms with Crippen molar-refractivity contribution in [3.8, 4) is 6.19 Å². The topological polar surface area (TPSA) is 105 Å². The number of nitrogens with two attached hydrogens (primary N) is 1. The van der Waals surface area contributed by atoms with Gasteiger partial charge in [-0.1, -0.05) is 6.07 Å². The van der Waals surface area contributed by atoms with Crippen molar-refractivity contribution in [3.63, 3.8) is 0 Å². The summed E-state index contributed by atoms with van der Waals surface area (Å²) < 4.78 is 0. The van der Waals surface area contributed by atoms with Crippen molar-refractivity contribution in [3.05, 3.63) is 39.4 Å². The average molecular weight is 218 g/mol. The van der Waals surface area contributed by atoms with Gasteiger partial charge in [0.2, 0.25) is 6.19 Å². The Morgan fingerprint density at radius 1 is 1.69 bits per heavy atom. The van der Waals surface area contributed by atoms with E-state index in [0.717, 1.165) is 5.56 Å². The van der Waals surface area contributed by atoms with E-state index in [1.807, 2.05) is 6.92 Å². The number of amidine groups is 1. The number of aryl methyl sites for hydroxylation is 1. The number of aliphatic imine (C=N–C) groups is 1. The minimum absolute atomic E-state index is 0.00496. The highest BCUT2D eigenvalue weighted by Crippen LogP contribution is 2.17. The molecule has 16 heavy (non-hydrogen) atoms. The number of nitro benzene ring substituents is 1. The maximum absolute atomic E-state index is 10.6. The van der Waals surface area contributed by atoms with Crippen molar-refractivity contribution < 1.29 is 4.92 Å². The quantitative estimate of drug-likeness (QED) is 0.271. The normalized spacial score (nSPS) is 10.9. The van der Waals surface area contributed by atoms with Crippen LogP contribution in [-0.4, -0.2) is 10.8 Å². The third-order valence-corrected chi connectivity index (χ3v) is 2.11. The average Bonchev–Trinajstić information content (AvgIpc) is 2.21. The van der Waals surface area contributed by atoms with Crippen molar-refractivity contribution >= 4 is 11.5 Å². The Kier molecular flexibility index (Phi) is 3.56. The number of benzene rings is 1. The second-order valence-corrected chi connectivity index (χ2v) is 3.25. The number of nitro groups is 1. The molecule has 6 nitrogen and oxygen atoms in total. The van der Waals surface area contributed by atoms with Crippen LogP contribution >= 0.6 is 0 Å². The van der Waals surface area contributed by atoms with Gasteiger partial charge in [0.1, 0.15) is 5.84 Å². The van der Waals surface area contributed by atoms with Gasteiger partial charge in [0.15, 0.2) is 0 Å². The molecule has 1 rings (SSSR count). The molecule has 0 heterocycles. The Hall–Kier alpha value is -2.42. The van der Waals surface area contributed by atoms with E-state index in [4.69, 9.17) is 11.0 Å². The largest absolute Gasteiger partial charge is 0.386 e. The summed E-state index contributed by atoms with van der Waals surface area (Å²) in [4.78, 5) is 13.5. The summed E-state index contributed by atoms with van der Waals surface area (Å²) in [5.41, 5.74) is 7.05. The highest BCUT2D eigenvalue weighted by Gasteiger charge is 2.09. The first kappa shape index (κ1) is 11.7. The molecular formula is C10H10N4O2. The summed E-state index contributed by atoms with van der Waals surface area (Å²) in [6.45, 7) is 1.82. The zero-order valence-electron chi connectivity index (χ0n) is 8.67. The number of non-ortho nitro benzene ring substituents is 1. The summed E-state index contributed by atoms with van der Waals surface area (Å²) in [6.07, 6.45) is 1.81. The lowest BCUT2D eigenvalue weighted by Crippen LogP contribution is -2.15. The van der Waals surface area contributed by atoms with Crippen LogP contribution in [0.15, 0.2) is 23.2 Å². The molecule has 0 spiro atoms. The fourth-order valence-electron chi connectivity index (χ4n) is 1.26. The van der Waals surface area contributed by atoms with Crippen LogP contribution in [0.1, 0.15) is 11.1 Å². The predicted molar refractivity (Wildman–Crippen MR) is 58.8 cm³/mol. The molecule has 0 aliphatic rings. The molecule has 0 aliphatic heterocycles. The molecule has 0 bridgehead atoms. The Bertz CT molecular complexity index is 488. The molecule has 2 N–H and O–H groups in total. The van der Waals surface area contributed by atoms with Gasteiger partial charge in [0.25, 0.3) is 5.69 Å². The molecule has 1 aromatic rings. The van der Waals surface area contributed by atoms with Gasteiger partial charge in [0.05, 0.1) is 4.92 Å². The molecule has 0 fully saturated rings. The van der Waals surface area contributed by atoms with Crippen LogP contribution in [-0.2, 0) is 6.42 Å². The van der Waals surface area contributed by atoms with E-state index in [0.29, 0.717) is 5.56 Å². The number of hydrogen-bond donors (Lipinski definition) is 1. The minimum Gasteiger partial charge on any atom is -0.386 e. The lowest BCUT2D eigenvalue weighted by atomic mass is 10.0. The lowest BCUT2D eigenvalue weighted by Gasteiger charge is -2.04. The third kappa shape index (κ3) is 2.78. The summed E-state index contributed by atoms with van der Waals surface area (Å²) >= 11 is 0. The van der Waals surface area contributed by atoms with Gasteiger partial charge < -0.3 is 5.73 Å². The van der Waals surface area contributed by atoms with Crippen LogP contribution in [0, 0.1) is 28.5 Å². The molecule has 0 amide bonds. The highest BCUT2D eigenvalue weighted by molar-refractivity contribution is 5.83. The van der Waals surface area contributed by atoms with Gasteiger partial charge in [-0.25, -0.2) is 0 Å². The second kappa shape index (κ2) is 4.89. The Morgan fingerprint density at radius 2 is 2.38 bits per heavy atom. The van der Waals surface area contributed by atoms with E-state index in [-0.39, 0.29) is 17.9 Å². The van der Waals surface area contributed by atoms with Crippen LogP contribution in [0.4, 0.5) is 5.69 Å². The van der Waals surface area contributed by atoms with Crippen molar-refractivity contribution in [1.29, 1.82) is 5.26 Å². The van der Waals surface area contributed by atoms with Gasteiger partial charge in [-0.2, -0.15) is 10.3 Å². The van der Waals surface area contributed by atoms with E-state index >= 15 is 0 Å². The molecule has 0 saturated heterocycles. The van der Waals surface area contributed by atoms with Crippen LogP contribution in [0.5, 0.6) is 0 Å². The van der Waals surface area contributed by atoms with Crippen molar-refractivity contribution in [2.45, 2.75) is 13.3 Å². The van der Waals surface area contributed by atoms with E-state index in [2.05, 4.69) is 4.99 Å². The standard InChI is InChI=1S/C10H10N4O2/c1-7-2-3-9(14(15)16)4-8(7)5-10(12)13-6-11/h2-4H,5H2,1H3,(H2,12,13). The summed E-state index contributed by atoms with van der Waals surface area (Å²) in [6, 6.07) is 4.51. The van der Waals surface area contributed by atoms with E-state index < -0.39 is 4.92 Å². The maximum atomic E-state index is 10.6. The van der Waals surface area contributed by atoms with E-state index in [1.165, 1.54) is 12.1 Å². The Morgan fingerprint density at radius 3 is 2.94 bits per heavy atom. The Labute approximate surface area is 92.2 Å². The molecule has 0 aliphatic carbocycles. The molecular weight excluding hydrogens is 208 g/mol. The minimum atomic E-state index is -0.472. The first-order valence-corrected chi connectivity index (χ1v) is 4.49. The highest BCUT2D eigenvalue weighted by atomic mass is 16.6. The molecule has 0 atom stereocenters. The molecule has 0 unspecified atom stereocenters. The lowest BCUT2D eigenvalue weighted by molar-refractivity contribution is -0.384. The molecule has 0 radical (unpaired) electrons. The predicted octanol–water partition coefficient (Wildman–Crippen LogP) is 1.28. The first-order valence-electron chi connectivity index (χ1n) is 4.49. The number of nitrogens with zero attached hydrogens (tertiary/aromatic N) is 3. The van der Waals surface area contributed by atoms with Crippen molar-refractivity contribution in [2.24, 2.45) is 10.7 Å². The maximum Gasteiger partial charge on any atom is 0.269 e. The number of rotatable bonds is 3. The van der Waals surface area contributed by atoms with Crippen LogP contribution < -0.4 is 5.73 Å². The molecule has 6 heteroatoms. The number of hydrogen-bond acceptors (Lipinski definition) is 4. The number of nitriles is 1. The van der Waals surface area contributed by atoms with Gasteiger partial charge in [0, 0.05) is 18.6 Å². The fourth-order valence-corrected chi connectivity index (χ4v) is 1.26. The molecule has 0 aromatic heterocycles. The van der Waals surface area contributed by atoms with E-state index in [9.17, 15) is 10.1 Å². The summed E-state index contributed by atoms with van der Waals surface area (Å²) in [7, 11) is 0. The SMILES string of the molecule is Cc1ccc([N+](=O)[O-])cc1CC(N)=NC#N. The second-order valence-electron chi connectivity index (χ2n) is 3.25. The molecule has 0 saturated carbocycles. The van der Waals surface area contributed by atoms with E-state index in [1.54, 1.807) is 12.3 Å². The van der Waals surface area contributed by atoms with Crippen LogP contribution in [0.25, 0.3) is 0 Å². The molecule has 1 aromatic carbocycles.